The van der Waals surface area contributed by atoms with Gasteiger partial charge in [0.2, 0.25) is 0 Å². The number of benzene rings is 2. The first kappa shape index (κ1) is 18.5. The number of aryl methyl sites for hydroxylation is 1. The zero-order chi connectivity index (χ0) is 18.4. The lowest BCUT2D eigenvalue weighted by Gasteiger charge is -2.15. The molecule has 2 rings (SSSR count). The van der Waals surface area contributed by atoms with Gasteiger partial charge < -0.3 is 14.2 Å². The molecule has 5 nitrogen and oxygen atoms in total. The van der Waals surface area contributed by atoms with E-state index in [2.05, 4.69) is 0 Å². The maximum Gasteiger partial charge on any atom is 0.347 e. The predicted octanol–water partition coefficient (Wildman–Crippen LogP) is 3.72. The summed E-state index contributed by atoms with van der Waals surface area (Å²) >= 11 is 0. The molecule has 0 N–H and O–H groups in total. The molecule has 132 valence electrons. The standard InChI is InChI=1S/C20H22O5/c1-13-5-8-18(9-6-13)25-15(3)20(22)24-12-17-11-16(14(2)21)7-10-19(17)23-4/h5-11,15H,12H2,1-4H3/t15-/m1/s1. The molecular weight excluding hydrogens is 320 g/mol. The van der Waals surface area contributed by atoms with Crippen LogP contribution in [0.1, 0.15) is 35.3 Å². The fraction of sp³-hybridized carbons (Fsp3) is 0.300. The summed E-state index contributed by atoms with van der Waals surface area (Å²) in [5.41, 5.74) is 2.28. The first-order chi connectivity index (χ1) is 11.9. The third-order valence-corrected chi connectivity index (χ3v) is 3.72. The molecule has 0 aliphatic rings. The SMILES string of the molecule is COc1ccc(C(C)=O)cc1COC(=O)[C@@H](C)Oc1ccc(C)cc1. The first-order valence-electron chi connectivity index (χ1n) is 7.98. The van der Waals surface area contributed by atoms with Crippen molar-refractivity contribution >= 4 is 11.8 Å². The summed E-state index contributed by atoms with van der Waals surface area (Å²) in [6.45, 7) is 5.09. The minimum atomic E-state index is -0.746. The van der Waals surface area contributed by atoms with Gasteiger partial charge in [0.1, 0.15) is 18.1 Å². The molecular formula is C20H22O5. The largest absolute Gasteiger partial charge is 0.496 e. The van der Waals surface area contributed by atoms with E-state index in [4.69, 9.17) is 14.2 Å². The first-order valence-corrected chi connectivity index (χ1v) is 7.98. The Morgan fingerprint density at radius 3 is 2.36 bits per heavy atom. The Kier molecular flexibility index (Phi) is 6.17. The Balaban J connectivity index is 2.00. The molecule has 0 radical (unpaired) electrons. The van der Waals surface area contributed by atoms with Crippen LogP contribution in [0.3, 0.4) is 0 Å². The number of esters is 1. The zero-order valence-corrected chi connectivity index (χ0v) is 14.9. The fourth-order valence-electron chi connectivity index (χ4n) is 2.25. The monoisotopic (exact) mass is 342 g/mol. The van der Waals surface area contributed by atoms with Gasteiger partial charge in [-0.25, -0.2) is 4.79 Å². The predicted molar refractivity (Wildman–Crippen MR) is 94.1 cm³/mol. The van der Waals surface area contributed by atoms with Crippen LogP contribution in [0.2, 0.25) is 0 Å². The van der Waals surface area contributed by atoms with Crippen LogP contribution in [0.4, 0.5) is 0 Å². The minimum Gasteiger partial charge on any atom is -0.496 e. The maximum absolute atomic E-state index is 12.2. The molecule has 0 unspecified atom stereocenters. The Labute approximate surface area is 147 Å². The van der Waals surface area contributed by atoms with Crippen molar-refractivity contribution in [3.05, 3.63) is 59.2 Å². The van der Waals surface area contributed by atoms with Gasteiger partial charge >= 0.3 is 5.97 Å². The summed E-state index contributed by atoms with van der Waals surface area (Å²) in [6, 6.07) is 12.5. The van der Waals surface area contributed by atoms with Crippen molar-refractivity contribution in [2.45, 2.75) is 33.5 Å². The topological polar surface area (TPSA) is 61.8 Å². The summed E-state index contributed by atoms with van der Waals surface area (Å²) in [4.78, 5) is 23.7. The van der Waals surface area contributed by atoms with E-state index in [-0.39, 0.29) is 12.4 Å². The Morgan fingerprint density at radius 1 is 1.08 bits per heavy atom. The van der Waals surface area contributed by atoms with Crippen LogP contribution in [0.5, 0.6) is 11.5 Å². The summed E-state index contributed by atoms with van der Waals surface area (Å²) in [7, 11) is 1.53. The van der Waals surface area contributed by atoms with Crippen LogP contribution in [-0.2, 0) is 16.1 Å². The number of methoxy groups -OCH3 is 1. The zero-order valence-electron chi connectivity index (χ0n) is 14.9. The van der Waals surface area contributed by atoms with E-state index in [1.54, 1.807) is 37.3 Å². The molecule has 0 saturated heterocycles. The van der Waals surface area contributed by atoms with Gasteiger partial charge in [-0.15, -0.1) is 0 Å². The van der Waals surface area contributed by atoms with Gasteiger partial charge in [-0.05, 0) is 51.1 Å². The van der Waals surface area contributed by atoms with Gasteiger partial charge in [0.05, 0.1) is 7.11 Å². The summed E-state index contributed by atoms with van der Waals surface area (Å²) in [5, 5.41) is 0. The smallest absolute Gasteiger partial charge is 0.347 e. The molecule has 0 aromatic heterocycles. The van der Waals surface area contributed by atoms with Crippen molar-refractivity contribution < 1.29 is 23.8 Å². The number of carbonyl (C=O) groups is 2. The third kappa shape index (κ3) is 5.08. The van der Waals surface area contributed by atoms with Gasteiger partial charge in [-0.2, -0.15) is 0 Å². The van der Waals surface area contributed by atoms with Crippen LogP contribution in [0.15, 0.2) is 42.5 Å². The van der Waals surface area contributed by atoms with Gasteiger partial charge in [-0.3, -0.25) is 4.79 Å². The van der Waals surface area contributed by atoms with Gasteiger partial charge in [0.15, 0.2) is 11.9 Å². The summed E-state index contributed by atoms with van der Waals surface area (Å²) < 4.78 is 16.1. The molecule has 0 spiro atoms. The Hall–Kier alpha value is -2.82. The van der Waals surface area contributed by atoms with Crippen molar-refractivity contribution in [2.75, 3.05) is 7.11 Å². The number of ketones is 1. The number of Topliss-reactive ketones (excluding diaryl/α,β-unsaturated/α-hetero) is 1. The molecule has 25 heavy (non-hydrogen) atoms. The van der Waals surface area contributed by atoms with Crippen LogP contribution >= 0.6 is 0 Å². The van der Waals surface area contributed by atoms with Crippen LogP contribution < -0.4 is 9.47 Å². The Morgan fingerprint density at radius 2 is 1.76 bits per heavy atom. The lowest BCUT2D eigenvalue weighted by molar-refractivity contribution is -0.152. The highest BCUT2D eigenvalue weighted by Crippen LogP contribution is 2.22. The maximum atomic E-state index is 12.2. The molecule has 2 aromatic carbocycles. The number of ether oxygens (including phenoxy) is 3. The molecule has 0 bridgehead atoms. The second kappa shape index (κ2) is 8.33. The van der Waals surface area contributed by atoms with E-state index < -0.39 is 12.1 Å². The van der Waals surface area contributed by atoms with E-state index in [1.807, 2.05) is 19.1 Å². The second-order valence-electron chi connectivity index (χ2n) is 5.76. The molecule has 0 aliphatic heterocycles. The molecule has 0 amide bonds. The number of rotatable bonds is 7. The van der Waals surface area contributed by atoms with Crippen molar-refractivity contribution in [1.82, 2.24) is 0 Å². The van der Waals surface area contributed by atoms with Crippen molar-refractivity contribution in [1.29, 1.82) is 0 Å². The molecule has 1 atom stereocenters. The lowest BCUT2D eigenvalue weighted by atomic mass is 10.1. The van der Waals surface area contributed by atoms with Crippen molar-refractivity contribution in [2.24, 2.45) is 0 Å². The van der Waals surface area contributed by atoms with Gasteiger partial charge in [0, 0.05) is 11.1 Å². The third-order valence-electron chi connectivity index (χ3n) is 3.72. The summed E-state index contributed by atoms with van der Waals surface area (Å²) in [5.74, 6) is 0.610. The summed E-state index contributed by atoms with van der Waals surface area (Å²) in [6.07, 6.45) is -0.746. The van der Waals surface area contributed by atoms with E-state index in [9.17, 15) is 9.59 Å². The molecule has 0 heterocycles. The van der Waals surface area contributed by atoms with Crippen LogP contribution in [-0.4, -0.2) is 25.0 Å². The van der Waals surface area contributed by atoms with Crippen molar-refractivity contribution in [3.8, 4) is 11.5 Å². The number of hydrogen-bond acceptors (Lipinski definition) is 5. The molecule has 2 aromatic rings. The molecule has 0 aliphatic carbocycles. The highest BCUT2D eigenvalue weighted by molar-refractivity contribution is 5.94. The normalized spacial score (nSPS) is 11.5. The average Bonchev–Trinajstić information content (AvgIpc) is 2.61. The van der Waals surface area contributed by atoms with Gasteiger partial charge in [-0.1, -0.05) is 17.7 Å². The number of hydrogen-bond donors (Lipinski definition) is 0. The van der Waals surface area contributed by atoms with Crippen molar-refractivity contribution in [3.63, 3.8) is 0 Å². The van der Waals surface area contributed by atoms with Gasteiger partial charge in [0.25, 0.3) is 0 Å². The Bertz CT molecular complexity index is 749. The van der Waals surface area contributed by atoms with E-state index in [0.29, 0.717) is 22.6 Å². The highest BCUT2D eigenvalue weighted by Gasteiger charge is 2.18. The molecule has 0 fully saturated rings. The minimum absolute atomic E-state index is 0.00469. The van der Waals surface area contributed by atoms with Crippen LogP contribution in [0, 0.1) is 6.92 Å². The van der Waals surface area contributed by atoms with Crippen LogP contribution in [0.25, 0.3) is 0 Å². The quantitative estimate of drug-likeness (QED) is 0.567. The molecule has 0 saturated carbocycles. The fourth-order valence-corrected chi connectivity index (χ4v) is 2.25. The highest BCUT2D eigenvalue weighted by atomic mass is 16.6. The molecule has 5 heteroatoms. The lowest BCUT2D eigenvalue weighted by Crippen LogP contribution is -2.26. The average molecular weight is 342 g/mol. The van der Waals surface area contributed by atoms with E-state index >= 15 is 0 Å². The van der Waals surface area contributed by atoms with E-state index in [0.717, 1.165) is 5.56 Å². The second-order valence-corrected chi connectivity index (χ2v) is 5.76. The number of carbonyl (C=O) groups excluding carboxylic acids is 2. The van der Waals surface area contributed by atoms with E-state index in [1.165, 1.54) is 14.0 Å².